The van der Waals surface area contributed by atoms with Crippen molar-refractivity contribution in [3.05, 3.63) is 99.5 Å². The number of benzene rings is 3. The molecule has 0 aliphatic rings. The van der Waals surface area contributed by atoms with E-state index in [2.05, 4.69) is 31.8 Å². The number of amides is 2. The molecule has 2 N–H and O–H groups in total. The monoisotopic (exact) mass is 435 g/mol. The van der Waals surface area contributed by atoms with E-state index in [1.165, 1.54) is 0 Å². The van der Waals surface area contributed by atoms with Crippen LogP contribution in [0.15, 0.2) is 82.4 Å². The molecule has 140 valence electrons. The van der Waals surface area contributed by atoms with Crippen LogP contribution in [-0.2, 0) is 0 Å². The lowest BCUT2D eigenvalue weighted by molar-refractivity contribution is 0.0954. The Morgan fingerprint density at radius 2 is 1.57 bits per heavy atom. The minimum absolute atomic E-state index is 0.186. The molecule has 0 aliphatic carbocycles. The lowest BCUT2D eigenvalue weighted by atomic mass is 10.1. The van der Waals surface area contributed by atoms with Gasteiger partial charge in [0, 0.05) is 21.3 Å². The molecule has 0 fully saturated rings. The smallest absolute Gasteiger partial charge is 0.271 e. The van der Waals surface area contributed by atoms with Gasteiger partial charge in [0.05, 0.1) is 6.21 Å². The minimum Gasteiger partial charge on any atom is -0.322 e. The summed E-state index contributed by atoms with van der Waals surface area (Å²) in [5.74, 6) is -0.514. The summed E-state index contributed by atoms with van der Waals surface area (Å²) in [6.07, 6.45) is 1.57. The zero-order valence-electron chi connectivity index (χ0n) is 15.1. The second kappa shape index (κ2) is 9.10. The molecule has 0 spiro atoms. The molecule has 2 amide bonds. The average molecular weight is 436 g/mol. The highest BCUT2D eigenvalue weighted by Crippen LogP contribution is 2.14. The van der Waals surface area contributed by atoms with Gasteiger partial charge in [-0.05, 0) is 60.5 Å². The number of hydrogen-bond acceptors (Lipinski definition) is 3. The molecule has 28 heavy (non-hydrogen) atoms. The van der Waals surface area contributed by atoms with E-state index in [0.29, 0.717) is 16.8 Å². The van der Waals surface area contributed by atoms with Crippen molar-refractivity contribution < 1.29 is 9.59 Å². The third-order valence-corrected chi connectivity index (χ3v) is 4.57. The molecule has 5 nitrogen and oxygen atoms in total. The van der Waals surface area contributed by atoms with Crippen molar-refractivity contribution in [2.24, 2.45) is 5.10 Å². The van der Waals surface area contributed by atoms with Gasteiger partial charge in [0.15, 0.2) is 0 Å². The number of carbonyl (C=O) groups is 2. The second-order valence-electron chi connectivity index (χ2n) is 6.10. The molecule has 0 heterocycles. The van der Waals surface area contributed by atoms with Crippen LogP contribution in [0.5, 0.6) is 0 Å². The second-order valence-corrected chi connectivity index (χ2v) is 7.01. The summed E-state index contributed by atoms with van der Waals surface area (Å²) in [6, 6.07) is 21.6. The van der Waals surface area contributed by atoms with Crippen LogP contribution in [0.2, 0.25) is 0 Å². The summed E-state index contributed by atoms with van der Waals surface area (Å²) < 4.78 is 0.975. The van der Waals surface area contributed by atoms with Crippen molar-refractivity contribution in [2.75, 3.05) is 5.32 Å². The zero-order valence-corrected chi connectivity index (χ0v) is 16.7. The molecular weight excluding hydrogens is 418 g/mol. The van der Waals surface area contributed by atoms with Crippen LogP contribution in [0.4, 0.5) is 5.69 Å². The van der Waals surface area contributed by atoms with E-state index in [1.54, 1.807) is 36.5 Å². The van der Waals surface area contributed by atoms with E-state index in [9.17, 15) is 9.59 Å². The average Bonchev–Trinajstić information content (AvgIpc) is 2.70. The molecule has 0 radical (unpaired) electrons. The lowest BCUT2D eigenvalue weighted by Crippen LogP contribution is -2.18. The maximum absolute atomic E-state index is 12.3. The lowest BCUT2D eigenvalue weighted by Gasteiger charge is -2.08. The molecule has 3 aromatic rings. The normalized spacial score (nSPS) is 10.6. The first-order valence-electron chi connectivity index (χ1n) is 8.59. The van der Waals surface area contributed by atoms with Crippen LogP contribution in [0.1, 0.15) is 31.8 Å². The molecule has 3 rings (SSSR count). The first-order valence-corrected chi connectivity index (χ1v) is 9.38. The summed E-state index contributed by atoms with van der Waals surface area (Å²) in [7, 11) is 0. The standard InChI is InChI=1S/C22H18BrN3O2/c1-15-4-2-3-5-20(15)22(28)25-19-12-8-17(9-13-19)21(27)26-24-14-16-6-10-18(23)11-7-16/h2-14H,1H3,(H,25,28)(H,26,27). The van der Waals surface area contributed by atoms with E-state index >= 15 is 0 Å². The fourth-order valence-electron chi connectivity index (χ4n) is 2.51. The Balaban J connectivity index is 1.59. The first kappa shape index (κ1) is 19.5. The first-order chi connectivity index (χ1) is 13.5. The quantitative estimate of drug-likeness (QED) is 0.447. The number of hydrogen-bond donors (Lipinski definition) is 2. The van der Waals surface area contributed by atoms with Crippen LogP contribution < -0.4 is 10.7 Å². The molecule has 0 bridgehead atoms. The van der Waals surface area contributed by atoms with Crippen molar-refractivity contribution >= 4 is 39.6 Å². The largest absolute Gasteiger partial charge is 0.322 e. The Hall–Kier alpha value is -3.25. The van der Waals surface area contributed by atoms with Gasteiger partial charge in [0.2, 0.25) is 0 Å². The number of carbonyl (C=O) groups excluding carboxylic acids is 2. The minimum atomic E-state index is -0.329. The van der Waals surface area contributed by atoms with Crippen molar-refractivity contribution in [1.29, 1.82) is 0 Å². The number of halogens is 1. The predicted molar refractivity (Wildman–Crippen MR) is 115 cm³/mol. The Bertz CT molecular complexity index is 1010. The summed E-state index contributed by atoms with van der Waals surface area (Å²) in [5.41, 5.74) is 5.94. The van der Waals surface area contributed by atoms with Crippen molar-refractivity contribution in [3.8, 4) is 0 Å². The fourth-order valence-corrected chi connectivity index (χ4v) is 2.77. The Kier molecular flexibility index (Phi) is 6.34. The van der Waals surface area contributed by atoms with Crippen LogP contribution in [-0.4, -0.2) is 18.0 Å². The Labute approximate surface area is 171 Å². The molecule has 6 heteroatoms. The molecule has 0 aliphatic heterocycles. The van der Waals surface area contributed by atoms with E-state index in [0.717, 1.165) is 15.6 Å². The Morgan fingerprint density at radius 1 is 0.893 bits per heavy atom. The van der Waals surface area contributed by atoms with Crippen LogP contribution in [0.3, 0.4) is 0 Å². The highest BCUT2D eigenvalue weighted by atomic mass is 79.9. The fraction of sp³-hybridized carbons (Fsp3) is 0.0455. The molecule has 0 atom stereocenters. The van der Waals surface area contributed by atoms with Gasteiger partial charge in [0.25, 0.3) is 11.8 Å². The molecule has 0 saturated heterocycles. The van der Waals surface area contributed by atoms with Crippen LogP contribution in [0, 0.1) is 6.92 Å². The highest BCUT2D eigenvalue weighted by molar-refractivity contribution is 9.10. The van der Waals surface area contributed by atoms with Crippen molar-refractivity contribution in [2.45, 2.75) is 6.92 Å². The predicted octanol–water partition coefficient (Wildman–Crippen LogP) is 4.77. The number of anilines is 1. The van der Waals surface area contributed by atoms with E-state index in [-0.39, 0.29) is 11.8 Å². The van der Waals surface area contributed by atoms with Gasteiger partial charge in [0.1, 0.15) is 0 Å². The molecule has 0 unspecified atom stereocenters. The van der Waals surface area contributed by atoms with Gasteiger partial charge < -0.3 is 5.32 Å². The maximum atomic E-state index is 12.3. The number of aryl methyl sites for hydroxylation is 1. The summed E-state index contributed by atoms with van der Waals surface area (Å²) in [6.45, 7) is 1.89. The molecule has 3 aromatic carbocycles. The molecule has 0 aromatic heterocycles. The van der Waals surface area contributed by atoms with Crippen molar-refractivity contribution in [1.82, 2.24) is 5.43 Å². The summed E-state index contributed by atoms with van der Waals surface area (Å²) in [4.78, 5) is 24.5. The maximum Gasteiger partial charge on any atom is 0.271 e. The topological polar surface area (TPSA) is 70.6 Å². The number of nitrogens with one attached hydrogen (secondary N) is 2. The Morgan fingerprint density at radius 3 is 2.25 bits per heavy atom. The summed E-state index contributed by atoms with van der Waals surface area (Å²) >= 11 is 3.36. The molecular formula is C22H18BrN3O2. The van der Waals surface area contributed by atoms with Crippen molar-refractivity contribution in [3.63, 3.8) is 0 Å². The number of rotatable bonds is 5. The van der Waals surface area contributed by atoms with Gasteiger partial charge in [-0.1, -0.05) is 46.3 Å². The van der Waals surface area contributed by atoms with E-state index < -0.39 is 0 Å². The molecule has 0 saturated carbocycles. The number of nitrogens with zero attached hydrogens (tertiary/aromatic N) is 1. The third kappa shape index (κ3) is 5.14. The van der Waals surface area contributed by atoms with Gasteiger partial charge in [-0.15, -0.1) is 0 Å². The van der Waals surface area contributed by atoms with Gasteiger partial charge in [-0.2, -0.15) is 5.10 Å². The van der Waals surface area contributed by atoms with Gasteiger partial charge in [-0.3, -0.25) is 9.59 Å². The zero-order chi connectivity index (χ0) is 19.9. The van der Waals surface area contributed by atoms with Crippen LogP contribution in [0.25, 0.3) is 0 Å². The third-order valence-electron chi connectivity index (χ3n) is 4.04. The van der Waals surface area contributed by atoms with E-state index in [4.69, 9.17) is 0 Å². The highest BCUT2D eigenvalue weighted by Gasteiger charge is 2.09. The SMILES string of the molecule is Cc1ccccc1C(=O)Nc1ccc(C(=O)NN=Cc2ccc(Br)cc2)cc1. The number of hydrazone groups is 1. The van der Waals surface area contributed by atoms with Gasteiger partial charge in [-0.25, -0.2) is 5.43 Å². The van der Waals surface area contributed by atoms with Gasteiger partial charge >= 0.3 is 0 Å². The van der Waals surface area contributed by atoms with Crippen LogP contribution >= 0.6 is 15.9 Å². The summed E-state index contributed by atoms with van der Waals surface area (Å²) in [5, 5.41) is 6.79. The van der Waals surface area contributed by atoms with E-state index in [1.807, 2.05) is 49.4 Å².